The van der Waals surface area contributed by atoms with Crippen LogP contribution >= 0.6 is 0 Å². The quantitative estimate of drug-likeness (QED) is 0.266. The summed E-state index contributed by atoms with van der Waals surface area (Å²) in [6, 6.07) is 3.51. The number of hydrogen-bond acceptors (Lipinski definition) is 11. The van der Waals surface area contributed by atoms with E-state index in [2.05, 4.69) is 47.2 Å². The van der Waals surface area contributed by atoms with Gasteiger partial charge in [-0.15, -0.1) is 0 Å². The molecule has 49 heavy (non-hydrogen) atoms. The minimum atomic E-state index is -3.52. The standard InChI is InChI=1S/C33H39FN10O4S/c1-32(2,3)48-31(45)41(4)22-33(34)11-14-43(15-12-33)27-16-29(36-18-24(27)7-6-23-17-37-42(5)20-23)39-28-10-13-35-30(40-28)25-19-38-44(21-25)49(46,47)26-8-9-26/h10,13,16-21,26H,8-9,11-12,14-15,22H2,1-5H3,(H,35,36,39,40). The number of amides is 1. The third-order valence-electron chi connectivity index (χ3n) is 8.09. The Morgan fingerprint density at radius 2 is 1.86 bits per heavy atom. The smallest absolute Gasteiger partial charge is 0.410 e. The van der Waals surface area contributed by atoms with Gasteiger partial charge in [-0.2, -0.15) is 14.3 Å². The summed E-state index contributed by atoms with van der Waals surface area (Å²) in [6.07, 6.45) is 10.6. The van der Waals surface area contributed by atoms with Crippen LogP contribution in [0.5, 0.6) is 0 Å². The van der Waals surface area contributed by atoms with E-state index < -0.39 is 32.6 Å². The van der Waals surface area contributed by atoms with Crippen LogP contribution in [0, 0.1) is 11.8 Å². The van der Waals surface area contributed by atoms with Crippen LogP contribution in [-0.2, 0) is 21.8 Å². The van der Waals surface area contributed by atoms with Crippen LogP contribution in [0.3, 0.4) is 0 Å². The Balaban J connectivity index is 1.21. The molecule has 0 bridgehead atoms. The van der Waals surface area contributed by atoms with Crippen molar-refractivity contribution in [1.82, 2.24) is 38.8 Å². The Kier molecular flexibility index (Phi) is 9.05. The largest absolute Gasteiger partial charge is 0.444 e. The van der Waals surface area contributed by atoms with Crippen LogP contribution < -0.4 is 10.2 Å². The van der Waals surface area contributed by atoms with Gasteiger partial charge in [0.05, 0.1) is 52.8 Å². The molecule has 1 N–H and O–H groups in total. The number of nitrogens with one attached hydrogen (secondary N) is 1. The van der Waals surface area contributed by atoms with Crippen molar-refractivity contribution in [2.45, 2.75) is 63.0 Å². The van der Waals surface area contributed by atoms with E-state index in [1.165, 1.54) is 17.3 Å². The molecule has 14 nitrogen and oxygen atoms in total. The number of anilines is 3. The Bertz CT molecular complexity index is 2020. The van der Waals surface area contributed by atoms with Gasteiger partial charge in [-0.25, -0.2) is 32.6 Å². The maximum atomic E-state index is 16.0. The molecule has 2 aliphatic rings. The predicted molar refractivity (Wildman–Crippen MR) is 181 cm³/mol. The number of piperidine rings is 1. The average molecular weight is 691 g/mol. The molecule has 0 atom stereocenters. The van der Waals surface area contributed by atoms with Crippen molar-refractivity contribution in [1.29, 1.82) is 0 Å². The van der Waals surface area contributed by atoms with Crippen LogP contribution in [0.1, 0.15) is 57.6 Å². The third kappa shape index (κ3) is 8.16. The second-order valence-corrected chi connectivity index (χ2v) is 15.5. The highest BCUT2D eigenvalue weighted by atomic mass is 32.2. The van der Waals surface area contributed by atoms with Gasteiger partial charge in [0.25, 0.3) is 10.0 Å². The summed E-state index contributed by atoms with van der Waals surface area (Å²) in [5.41, 5.74) is 0.359. The van der Waals surface area contributed by atoms with Crippen molar-refractivity contribution in [2.24, 2.45) is 7.05 Å². The maximum Gasteiger partial charge on any atom is 0.410 e. The summed E-state index contributed by atoms with van der Waals surface area (Å²) in [4.78, 5) is 29.3. The number of hydrogen-bond donors (Lipinski definition) is 1. The number of aromatic nitrogens is 7. The number of carbonyl (C=O) groups is 1. The van der Waals surface area contributed by atoms with Crippen LogP contribution in [0.2, 0.25) is 0 Å². The lowest BCUT2D eigenvalue weighted by molar-refractivity contribution is 0.0121. The average Bonchev–Trinajstić information content (AvgIpc) is 3.64. The molecular formula is C33H39FN10O4S. The zero-order valence-corrected chi connectivity index (χ0v) is 28.9. The van der Waals surface area contributed by atoms with Crippen molar-refractivity contribution < 1.29 is 22.3 Å². The van der Waals surface area contributed by atoms with Crippen molar-refractivity contribution in [3.8, 4) is 23.2 Å². The second-order valence-electron chi connectivity index (χ2n) is 13.5. The van der Waals surface area contributed by atoms with Crippen LogP contribution in [0.25, 0.3) is 11.4 Å². The zero-order valence-electron chi connectivity index (χ0n) is 28.1. The molecule has 1 aliphatic carbocycles. The molecule has 1 saturated carbocycles. The van der Waals surface area contributed by atoms with E-state index >= 15 is 4.39 Å². The molecule has 6 rings (SSSR count). The molecule has 1 aliphatic heterocycles. The van der Waals surface area contributed by atoms with E-state index in [-0.39, 0.29) is 19.4 Å². The minimum Gasteiger partial charge on any atom is -0.444 e. The molecule has 5 heterocycles. The van der Waals surface area contributed by atoms with E-state index in [0.717, 1.165) is 15.3 Å². The van der Waals surface area contributed by atoms with Crippen LogP contribution in [0.4, 0.5) is 26.5 Å². The topological polar surface area (TPSA) is 153 Å². The summed E-state index contributed by atoms with van der Waals surface area (Å²) in [5.74, 6) is 7.53. The van der Waals surface area contributed by atoms with Gasteiger partial charge in [0.1, 0.15) is 22.9 Å². The van der Waals surface area contributed by atoms with Crippen LogP contribution in [-0.4, -0.2) is 96.5 Å². The van der Waals surface area contributed by atoms with E-state index in [9.17, 15) is 13.2 Å². The lowest BCUT2D eigenvalue weighted by atomic mass is 9.92. The highest BCUT2D eigenvalue weighted by Gasteiger charge is 2.39. The molecule has 0 aromatic carbocycles. The van der Waals surface area contributed by atoms with Gasteiger partial charge in [0.15, 0.2) is 5.82 Å². The molecular weight excluding hydrogens is 651 g/mol. The van der Waals surface area contributed by atoms with Gasteiger partial charge in [0, 0.05) is 64.7 Å². The summed E-state index contributed by atoms with van der Waals surface area (Å²) < 4.78 is 49.3. The Labute approximate surface area is 284 Å². The van der Waals surface area contributed by atoms with Crippen molar-refractivity contribution in [2.75, 3.05) is 36.9 Å². The molecule has 1 amide bonds. The molecule has 4 aromatic heterocycles. The first-order valence-electron chi connectivity index (χ1n) is 16.0. The van der Waals surface area contributed by atoms with E-state index in [4.69, 9.17) is 4.74 Å². The fourth-order valence-electron chi connectivity index (χ4n) is 5.41. The number of ether oxygens (including phenoxy) is 1. The van der Waals surface area contributed by atoms with Crippen molar-refractivity contribution in [3.05, 3.63) is 60.4 Å². The SMILES string of the molecule is CN(CC1(F)CCN(c2cc(Nc3ccnc(-c4cnn(S(=O)(=O)C5CC5)c4)n3)ncc2C#Cc2cnn(C)c2)CC1)C(=O)OC(C)(C)C. The zero-order chi connectivity index (χ0) is 35.0. The highest BCUT2D eigenvalue weighted by molar-refractivity contribution is 7.90. The highest BCUT2D eigenvalue weighted by Crippen LogP contribution is 2.34. The first-order valence-corrected chi connectivity index (χ1v) is 17.5. The Morgan fingerprint density at radius 1 is 1.10 bits per heavy atom. The monoisotopic (exact) mass is 690 g/mol. The van der Waals surface area contributed by atoms with Crippen LogP contribution in [0.15, 0.2) is 49.3 Å². The van der Waals surface area contributed by atoms with E-state index in [1.807, 2.05) is 19.3 Å². The third-order valence-corrected chi connectivity index (χ3v) is 10.1. The molecule has 4 aromatic rings. The molecule has 1 saturated heterocycles. The first-order chi connectivity index (χ1) is 23.2. The van der Waals surface area contributed by atoms with E-state index in [1.54, 1.807) is 57.2 Å². The number of nitrogens with zero attached hydrogens (tertiary/aromatic N) is 9. The minimum absolute atomic E-state index is 0.0754. The molecule has 2 fully saturated rings. The fourth-order valence-corrected chi connectivity index (χ4v) is 6.89. The maximum absolute atomic E-state index is 16.0. The number of alkyl halides is 1. The number of carbonyl (C=O) groups excluding carboxylic acids is 1. The van der Waals surface area contributed by atoms with Gasteiger partial charge in [0.2, 0.25) is 0 Å². The van der Waals surface area contributed by atoms with Gasteiger partial charge in [-0.1, -0.05) is 11.8 Å². The number of halogens is 1. The Morgan fingerprint density at radius 3 is 2.53 bits per heavy atom. The molecule has 0 spiro atoms. The van der Waals surface area contributed by atoms with Gasteiger partial charge >= 0.3 is 6.09 Å². The molecule has 258 valence electrons. The molecule has 16 heteroatoms. The summed E-state index contributed by atoms with van der Waals surface area (Å²) in [7, 11) is -0.152. The van der Waals surface area contributed by atoms with Gasteiger partial charge < -0.3 is 19.9 Å². The lowest BCUT2D eigenvalue weighted by Gasteiger charge is -2.39. The number of aryl methyl sites for hydroxylation is 1. The summed E-state index contributed by atoms with van der Waals surface area (Å²) in [6.45, 7) is 6.02. The van der Waals surface area contributed by atoms with Gasteiger partial charge in [-0.3, -0.25) is 4.68 Å². The van der Waals surface area contributed by atoms with Crippen molar-refractivity contribution >= 4 is 33.4 Å². The first kappa shape index (κ1) is 33.8. The number of rotatable bonds is 8. The summed E-state index contributed by atoms with van der Waals surface area (Å²) >= 11 is 0. The lowest BCUT2D eigenvalue weighted by Crippen LogP contribution is -2.49. The number of pyridine rings is 1. The summed E-state index contributed by atoms with van der Waals surface area (Å²) in [5, 5.41) is 11.0. The predicted octanol–water partition coefficient (Wildman–Crippen LogP) is 4.13. The molecule has 0 radical (unpaired) electrons. The Hall–Kier alpha value is -5.04. The second kappa shape index (κ2) is 13.1. The van der Waals surface area contributed by atoms with Gasteiger partial charge in [-0.05, 0) is 39.7 Å². The normalized spacial score (nSPS) is 16.1. The van der Waals surface area contributed by atoms with E-state index in [0.29, 0.717) is 54.5 Å². The van der Waals surface area contributed by atoms with Crippen molar-refractivity contribution in [3.63, 3.8) is 0 Å². The fraction of sp³-hybridized carbons (Fsp3) is 0.455. The molecule has 0 unspecified atom stereocenters.